The highest BCUT2D eigenvalue weighted by molar-refractivity contribution is 5.70. The molecule has 0 bridgehead atoms. The molecule has 1 N–H and O–H groups in total. The van der Waals surface area contributed by atoms with E-state index in [0.717, 1.165) is 12.1 Å². The maximum atomic E-state index is 12.3. The maximum absolute atomic E-state index is 12.3. The van der Waals surface area contributed by atoms with Gasteiger partial charge in [0.1, 0.15) is 6.10 Å². The van der Waals surface area contributed by atoms with E-state index in [0.29, 0.717) is 5.56 Å². The van der Waals surface area contributed by atoms with Gasteiger partial charge < -0.3 is 10.1 Å². The Bertz CT molecular complexity index is 427. The molecule has 0 spiro atoms. The Balaban J connectivity index is 2.21. The van der Waals surface area contributed by atoms with Crippen molar-refractivity contribution in [3.05, 3.63) is 35.4 Å². The number of benzene rings is 1. The summed E-state index contributed by atoms with van der Waals surface area (Å²) in [7, 11) is 0. The van der Waals surface area contributed by atoms with E-state index in [-0.39, 0.29) is 6.10 Å². The summed E-state index contributed by atoms with van der Waals surface area (Å²) in [6, 6.07) is 4.28. The normalized spacial score (nSPS) is 24.4. The van der Waals surface area contributed by atoms with E-state index < -0.39 is 23.9 Å². The smallest absolute Gasteiger partial charge is 0.416 e. The minimum atomic E-state index is -4.35. The van der Waals surface area contributed by atoms with Crippen LogP contribution in [0.1, 0.15) is 24.1 Å². The van der Waals surface area contributed by atoms with Crippen LogP contribution in [0, 0.1) is 0 Å². The van der Waals surface area contributed by atoms with Gasteiger partial charge in [0.25, 0.3) is 0 Å². The molecule has 1 aliphatic heterocycles. The Labute approximate surface area is 95.6 Å². The molecule has 2 atom stereocenters. The number of rotatable bonds is 1. The average molecular weight is 245 g/mol. The molecular weight excluding hydrogens is 235 g/mol. The lowest BCUT2D eigenvalue weighted by Gasteiger charge is -2.14. The molecule has 0 saturated carbocycles. The van der Waals surface area contributed by atoms with Crippen molar-refractivity contribution in [3.8, 4) is 0 Å². The third-order valence-electron chi connectivity index (χ3n) is 2.63. The zero-order chi connectivity index (χ0) is 12.6. The number of hydrogen-bond donors (Lipinski definition) is 1. The molecule has 92 valence electrons. The van der Waals surface area contributed by atoms with Gasteiger partial charge in [-0.3, -0.25) is 0 Å². The minimum absolute atomic E-state index is 0.390. The van der Waals surface area contributed by atoms with Crippen LogP contribution in [-0.4, -0.2) is 12.2 Å². The second kappa shape index (κ2) is 3.94. The predicted octanol–water partition coefficient (Wildman–Crippen LogP) is 2.87. The Morgan fingerprint density at radius 1 is 1.24 bits per heavy atom. The summed E-state index contributed by atoms with van der Waals surface area (Å²) in [4.78, 5) is 11.0. The molecular formula is C11H10F3NO2. The van der Waals surface area contributed by atoms with Crippen molar-refractivity contribution in [1.82, 2.24) is 5.32 Å². The number of halogens is 3. The molecule has 1 aromatic carbocycles. The topological polar surface area (TPSA) is 38.3 Å². The molecule has 1 amide bonds. The fourth-order valence-corrected chi connectivity index (χ4v) is 1.75. The van der Waals surface area contributed by atoms with Crippen LogP contribution in [0.15, 0.2) is 24.3 Å². The molecule has 17 heavy (non-hydrogen) atoms. The minimum Gasteiger partial charge on any atom is -0.444 e. The number of carbonyl (C=O) groups excluding carboxylic acids is 1. The number of cyclic esters (lactones) is 1. The third-order valence-corrected chi connectivity index (χ3v) is 2.63. The number of hydrogen-bond acceptors (Lipinski definition) is 2. The number of alkyl carbamates (subject to hydrolysis) is 1. The molecule has 0 aromatic heterocycles. The van der Waals surface area contributed by atoms with Crippen molar-refractivity contribution < 1.29 is 22.7 Å². The van der Waals surface area contributed by atoms with Gasteiger partial charge in [0.2, 0.25) is 0 Å². The average Bonchev–Trinajstić information content (AvgIpc) is 2.57. The summed E-state index contributed by atoms with van der Waals surface area (Å²) in [5, 5.41) is 2.54. The zero-order valence-electron chi connectivity index (χ0n) is 8.91. The second-order valence-corrected chi connectivity index (χ2v) is 3.85. The van der Waals surface area contributed by atoms with Gasteiger partial charge in [0.05, 0.1) is 11.6 Å². The van der Waals surface area contributed by atoms with Gasteiger partial charge in [-0.15, -0.1) is 0 Å². The van der Waals surface area contributed by atoms with Crippen molar-refractivity contribution in [2.45, 2.75) is 25.2 Å². The van der Waals surface area contributed by atoms with Gasteiger partial charge in [0, 0.05) is 0 Å². The molecule has 6 heteroatoms. The molecule has 2 rings (SSSR count). The number of nitrogens with one attached hydrogen (secondary N) is 1. The molecule has 2 unspecified atom stereocenters. The van der Waals surface area contributed by atoms with Crippen LogP contribution in [0.2, 0.25) is 0 Å². The van der Waals surface area contributed by atoms with Gasteiger partial charge in [-0.05, 0) is 24.6 Å². The highest BCUT2D eigenvalue weighted by Gasteiger charge is 2.33. The molecule has 0 radical (unpaired) electrons. The summed E-state index contributed by atoms with van der Waals surface area (Å²) < 4.78 is 41.9. The van der Waals surface area contributed by atoms with Crippen molar-refractivity contribution >= 4 is 6.09 Å². The summed E-state index contributed by atoms with van der Waals surface area (Å²) in [5.41, 5.74) is -0.115. The van der Waals surface area contributed by atoms with Gasteiger partial charge in [-0.25, -0.2) is 4.79 Å². The molecule has 1 aliphatic rings. The van der Waals surface area contributed by atoms with Gasteiger partial charge in [-0.1, -0.05) is 12.1 Å². The van der Waals surface area contributed by atoms with Crippen LogP contribution in [0.4, 0.5) is 18.0 Å². The fourth-order valence-electron chi connectivity index (χ4n) is 1.75. The molecule has 1 saturated heterocycles. The lowest BCUT2D eigenvalue weighted by molar-refractivity contribution is -0.137. The highest BCUT2D eigenvalue weighted by Crippen LogP contribution is 2.31. The van der Waals surface area contributed by atoms with Crippen LogP contribution < -0.4 is 5.32 Å². The molecule has 3 nitrogen and oxygen atoms in total. The van der Waals surface area contributed by atoms with Crippen molar-refractivity contribution in [2.24, 2.45) is 0 Å². The van der Waals surface area contributed by atoms with E-state index in [9.17, 15) is 18.0 Å². The largest absolute Gasteiger partial charge is 0.444 e. The Morgan fingerprint density at radius 3 is 2.24 bits per heavy atom. The van der Waals surface area contributed by atoms with E-state index in [4.69, 9.17) is 4.74 Å². The first-order valence-electron chi connectivity index (χ1n) is 5.02. The van der Waals surface area contributed by atoms with E-state index >= 15 is 0 Å². The summed E-state index contributed by atoms with van der Waals surface area (Å²) >= 11 is 0. The van der Waals surface area contributed by atoms with E-state index in [1.165, 1.54) is 12.1 Å². The summed E-state index contributed by atoms with van der Waals surface area (Å²) in [6.07, 6.45) is -5.29. The molecule has 1 heterocycles. The Hall–Kier alpha value is -1.72. The van der Waals surface area contributed by atoms with Crippen molar-refractivity contribution in [3.63, 3.8) is 0 Å². The highest BCUT2D eigenvalue weighted by atomic mass is 19.4. The van der Waals surface area contributed by atoms with Gasteiger partial charge in [0.15, 0.2) is 0 Å². The molecule has 1 aromatic rings. The van der Waals surface area contributed by atoms with E-state index in [1.54, 1.807) is 6.92 Å². The van der Waals surface area contributed by atoms with Crippen LogP contribution >= 0.6 is 0 Å². The molecule has 1 fully saturated rings. The van der Waals surface area contributed by atoms with Crippen LogP contribution in [0.5, 0.6) is 0 Å². The quantitative estimate of drug-likeness (QED) is 0.826. The van der Waals surface area contributed by atoms with Crippen LogP contribution in [0.3, 0.4) is 0 Å². The number of alkyl halides is 3. The first-order chi connectivity index (χ1) is 7.88. The molecule has 0 aliphatic carbocycles. The lowest BCUT2D eigenvalue weighted by atomic mass is 10.0. The standard InChI is InChI=1S/C11H10F3NO2/c1-6-9(15-10(16)17-6)7-2-4-8(5-3-7)11(12,13)14/h2-6,9H,1H3,(H,15,16). The van der Waals surface area contributed by atoms with E-state index in [2.05, 4.69) is 5.32 Å². The van der Waals surface area contributed by atoms with E-state index in [1.807, 2.05) is 0 Å². The fraction of sp³-hybridized carbons (Fsp3) is 0.364. The Morgan fingerprint density at radius 2 is 1.82 bits per heavy atom. The van der Waals surface area contributed by atoms with Crippen molar-refractivity contribution in [1.29, 1.82) is 0 Å². The SMILES string of the molecule is CC1OC(=O)NC1c1ccc(C(F)(F)F)cc1. The van der Waals surface area contributed by atoms with Crippen LogP contribution in [0.25, 0.3) is 0 Å². The monoisotopic (exact) mass is 245 g/mol. The predicted molar refractivity (Wildman–Crippen MR) is 53.3 cm³/mol. The summed E-state index contributed by atoms with van der Waals surface area (Å²) in [5.74, 6) is 0. The Kier molecular flexibility index (Phi) is 2.73. The number of carbonyl (C=O) groups is 1. The first kappa shape index (κ1) is 11.8. The third kappa shape index (κ3) is 2.35. The number of ether oxygens (including phenoxy) is 1. The second-order valence-electron chi connectivity index (χ2n) is 3.85. The van der Waals surface area contributed by atoms with Gasteiger partial charge >= 0.3 is 12.3 Å². The lowest BCUT2D eigenvalue weighted by Crippen LogP contribution is -2.21. The summed E-state index contributed by atoms with van der Waals surface area (Å²) in [6.45, 7) is 1.68. The zero-order valence-corrected chi connectivity index (χ0v) is 8.91. The van der Waals surface area contributed by atoms with Gasteiger partial charge in [-0.2, -0.15) is 13.2 Å². The van der Waals surface area contributed by atoms with Crippen LogP contribution in [-0.2, 0) is 10.9 Å². The van der Waals surface area contributed by atoms with Crippen molar-refractivity contribution in [2.75, 3.05) is 0 Å². The number of amides is 1. The maximum Gasteiger partial charge on any atom is 0.416 e. The first-order valence-corrected chi connectivity index (χ1v) is 5.02.